The number of morpholine rings is 1. The van der Waals surface area contributed by atoms with Crippen molar-refractivity contribution >= 4 is 11.7 Å². The van der Waals surface area contributed by atoms with E-state index in [-0.39, 0.29) is 29.2 Å². The first-order valence-electron chi connectivity index (χ1n) is 11.6. The topological polar surface area (TPSA) is 87.9 Å². The third-order valence-corrected chi connectivity index (χ3v) is 7.46. The first kappa shape index (κ1) is 21.6. The van der Waals surface area contributed by atoms with Gasteiger partial charge >= 0.3 is 12.2 Å². The van der Waals surface area contributed by atoms with Gasteiger partial charge in [-0.25, -0.2) is 9.78 Å². The molecule has 0 radical (unpaired) electrons. The summed E-state index contributed by atoms with van der Waals surface area (Å²) in [4.78, 5) is 20.3. The Morgan fingerprint density at radius 1 is 1.24 bits per heavy atom. The lowest BCUT2D eigenvalue weighted by atomic mass is 9.57. The molecule has 0 bridgehead atoms. The van der Waals surface area contributed by atoms with Crippen LogP contribution in [0.15, 0.2) is 24.4 Å². The van der Waals surface area contributed by atoms with Gasteiger partial charge in [0.25, 0.3) is 5.82 Å². The van der Waals surface area contributed by atoms with E-state index in [9.17, 15) is 18.0 Å². The average molecular weight is 477 g/mol. The number of amides is 2. The quantitative estimate of drug-likeness (QED) is 0.713. The number of carbonyl (C=O) groups excluding carboxylic acids is 1. The van der Waals surface area contributed by atoms with Crippen LogP contribution in [0.4, 0.5) is 18.0 Å². The summed E-state index contributed by atoms with van der Waals surface area (Å²) in [5.41, 5.74) is 1.81. The summed E-state index contributed by atoms with van der Waals surface area (Å²) in [5, 5.41) is 11.0. The number of nitrogens with one attached hydrogen (secondary N) is 1. The molecule has 1 aliphatic carbocycles. The fraction of sp³-hybridized carbons (Fsp3) is 0.636. The molecule has 2 aromatic heterocycles. The molecule has 1 spiro atoms. The Hall–Kier alpha value is -2.89. The second-order valence-corrected chi connectivity index (χ2v) is 10.2. The maximum atomic E-state index is 13.0. The average Bonchev–Trinajstić information content (AvgIpc) is 3.17. The normalized spacial score (nSPS) is 26.7. The first-order valence-corrected chi connectivity index (χ1v) is 11.6. The summed E-state index contributed by atoms with van der Waals surface area (Å²) in [5.74, 6) is -0.780. The zero-order chi connectivity index (χ0) is 23.7. The summed E-state index contributed by atoms with van der Waals surface area (Å²) in [6.45, 7) is 7.30. The number of rotatable bonds is 2. The molecule has 1 saturated carbocycles. The van der Waals surface area contributed by atoms with Gasteiger partial charge in [0.15, 0.2) is 5.65 Å². The molecule has 0 unspecified atom stereocenters. The molecule has 4 fully saturated rings. The molecular weight excluding hydrogens is 451 g/mol. The third-order valence-electron chi connectivity index (χ3n) is 7.46. The number of hydrogen-bond donors (Lipinski definition) is 1. The van der Waals surface area contributed by atoms with E-state index in [0.29, 0.717) is 37.7 Å². The molecule has 1 N–H and O–H groups in total. The lowest BCUT2D eigenvalue weighted by Crippen LogP contribution is -2.68. The number of hydrogen-bond acceptors (Lipinski definition) is 6. The molecule has 34 heavy (non-hydrogen) atoms. The molecule has 5 heterocycles. The SMILES string of the molecule is C=C1CO[C@H]2CCN(C(=O)N3CC4(CC(Cc5ccc6nc(C(F)(F)F)nn6n5)C4)C3)C[C@H]2N1. The van der Waals surface area contributed by atoms with Crippen LogP contribution in [0.5, 0.6) is 0 Å². The van der Waals surface area contributed by atoms with Crippen molar-refractivity contribution in [2.75, 3.05) is 32.8 Å². The second kappa shape index (κ2) is 7.56. The number of aromatic nitrogens is 4. The van der Waals surface area contributed by atoms with Gasteiger partial charge in [-0.2, -0.15) is 18.3 Å². The van der Waals surface area contributed by atoms with Crippen LogP contribution in [0.3, 0.4) is 0 Å². The van der Waals surface area contributed by atoms with E-state index in [0.717, 1.165) is 42.7 Å². The Morgan fingerprint density at radius 3 is 2.79 bits per heavy atom. The summed E-state index contributed by atoms with van der Waals surface area (Å²) < 4.78 is 45.2. The van der Waals surface area contributed by atoms with Crippen LogP contribution in [0, 0.1) is 11.3 Å². The van der Waals surface area contributed by atoms with Gasteiger partial charge < -0.3 is 19.9 Å². The molecule has 3 saturated heterocycles. The van der Waals surface area contributed by atoms with E-state index in [1.165, 1.54) is 6.07 Å². The van der Waals surface area contributed by atoms with Crippen LogP contribution in [-0.4, -0.2) is 80.6 Å². The maximum Gasteiger partial charge on any atom is 0.453 e. The standard InChI is InChI=1S/C22H26F3N7O2/c1-13-10-34-17-4-5-30(9-16(17)26-13)20(33)31-11-21(12-31)7-14(8-21)6-15-2-3-18-27-19(22(23,24)25)29-32(18)28-15/h2-3,14,16-17,26H,1,4-12H2/t16-,17+/m1/s1. The predicted molar refractivity (Wildman–Crippen MR) is 114 cm³/mol. The summed E-state index contributed by atoms with van der Waals surface area (Å²) in [6, 6.07) is 3.43. The minimum Gasteiger partial charge on any atom is -0.380 e. The van der Waals surface area contributed by atoms with Crippen LogP contribution in [0.25, 0.3) is 5.65 Å². The largest absolute Gasteiger partial charge is 0.453 e. The van der Waals surface area contributed by atoms with Crippen LogP contribution < -0.4 is 5.32 Å². The zero-order valence-electron chi connectivity index (χ0n) is 18.6. The van der Waals surface area contributed by atoms with Gasteiger partial charge in [0.1, 0.15) is 0 Å². The Balaban J connectivity index is 1.00. The number of urea groups is 1. The molecule has 9 nitrogen and oxygen atoms in total. The highest BCUT2D eigenvalue weighted by Crippen LogP contribution is 2.53. The summed E-state index contributed by atoms with van der Waals surface area (Å²) in [6.07, 6.45) is -0.978. The highest BCUT2D eigenvalue weighted by Gasteiger charge is 2.54. The minimum absolute atomic E-state index is 0.0811. The number of piperidine rings is 1. The van der Waals surface area contributed by atoms with E-state index < -0.39 is 12.0 Å². The Labute approximate surface area is 193 Å². The molecule has 2 aromatic rings. The second-order valence-electron chi connectivity index (χ2n) is 10.2. The lowest BCUT2D eigenvalue weighted by molar-refractivity contribution is -0.144. The van der Waals surface area contributed by atoms with Crippen molar-refractivity contribution in [2.45, 2.75) is 44.0 Å². The van der Waals surface area contributed by atoms with Gasteiger partial charge in [0.2, 0.25) is 0 Å². The molecule has 0 aromatic carbocycles. The molecule has 6 rings (SSSR count). The molecule has 2 atom stereocenters. The number of halogens is 3. The number of carbonyl (C=O) groups is 1. The van der Waals surface area contributed by atoms with Gasteiger partial charge in [-0.05, 0) is 43.7 Å². The highest BCUT2D eigenvalue weighted by molar-refractivity contribution is 5.76. The van der Waals surface area contributed by atoms with Crippen LogP contribution >= 0.6 is 0 Å². The van der Waals surface area contributed by atoms with Crippen molar-refractivity contribution in [2.24, 2.45) is 11.3 Å². The van der Waals surface area contributed by atoms with Crippen LogP contribution in [0.2, 0.25) is 0 Å². The Kier molecular flexibility index (Phi) is 4.81. The van der Waals surface area contributed by atoms with Crippen molar-refractivity contribution in [3.05, 3.63) is 35.9 Å². The first-order chi connectivity index (χ1) is 16.2. The number of nitrogens with zero attached hydrogens (tertiary/aromatic N) is 6. The highest BCUT2D eigenvalue weighted by atomic mass is 19.4. The van der Waals surface area contributed by atoms with Gasteiger partial charge in [0, 0.05) is 37.3 Å². The van der Waals surface area contributed by atoms with E-state index in [1.54, 1.807) is 6.07 Å². The lowest BCUT2D eigenvalue weighted by Gasteiger charge is -2.60. The van der Waals surface area contributed by atoms with E-state index >= 15 is 0 Å². The molecular formula is C22H26F3N7O2. The smallest absolute Gasteiger partial charge is 0.380 e. The third kappa shape index (κ3) is 3.77. The minimum atomic E-state index is -4.59. The van der Waals surface area contributed by atoms with Crippen molar-refractivity contribution in [3.8, 4) is 0 Å². The maximum absolute atomic E-state index is 13.0. The van der Waals surface area contributed by atoms with Crippen molar-refractivity contribution in [1.29, 1.82) is 0 Å². The fourth-order valence-corrected chi connectivity index (χ4v) is 5.96. The molecule has 2 amide bonds. The van der Waals surface area contributed by atoms with Gasteiger partial charge in [-0.15, -0.1) is 9.73 Å². The van der Waals surface area contributed by atoms with Gasteiger partial charge in [0.05, 0.1) is 24.4 Å². The monoisotopic (exact) mass is 477 g/mol. The molecule has 182 valence electrons. The fourth-order valence-electron chi connectivity index (χ4n) is 5.96. The van der Waals surface area contributed by atoms with Crippen LogP contribution in [-0.2, 0) is 17.3 Å². The molecule has 3 aliphatic heterocycles. The van der Waals surface area contributed by atoms with Crippen molar-refractivity contribution < 1.29 is 22.7 Å². The van der Waals surface area contributed by atoms with Gasteiger partial charge in [-0.1, -0.05) is 6.58 Å². The number of likely N-dealkylation sites (tertiary alicyclic amines) is 2. The summed E-state index contributed by atoms with van der Waals surface area (Å²) in [7, 11) is 0. The van der Waals surface area contributed by atoms with Gasteiger partial charge in [-0.3, -0.25) is 0 Å². The van der Waals surface area contributed by atoms with E-state index in [1.807, 2.05) is 9.80 Å². The van der Waals surface area contributed by atoms with Crippen molar-refractivity contribution in [3.63, 3.8) is 0 Å². The number of ether oxygens (including phenoxy) is 1. The van der Waals surface area contributed by atoms with E-state index in [2.05, 4.69) is 27.1 Å². The zero-order valence-corrected chi connectivity index (χ0v) is 18.6. The van der Waals surface area contributed by atoms with Crippen molar-refractivity contribution in [1.82, 2.24) is 34.9 Å². The van der Waals surface area contributed by atoms with Crippen LogP contribution in [0.1, 0.15) is 30.8 Å². The number of alkyl halides is 3. The Bertz CT molecular complexity index is 1140. The summed E-state index contributed by atoms with van der Waals surface area (Å²) >= 11 is 0. The van der Waals surface area contributed by atoms with E-state index in [4.69, 9.17) is 4.74 Å². The Morgan fingerprint density at radius 2 is 2.03 bits per heavy atom. The predicted octanol–water partition coefficient (Wildman–Crippen LogP) is 2.09. The molecule has 12 heteroatoms. The molecule has 4 aliphatic rings. The number of fused-ring (bicyclic) bond motifs is 2.